The molecule has 5 aromatic heterocycles. The zero-order chi connectivity index (χ0) is 58.4. The predicted octanol–water partition coefficient (Wildman–Crippen LogP) is 5.51. The fourth-order valence-electron chi connectivity index (χ4n) is 8.71. The van der Waals surface area contributed by atoms with E-state index in [-0.39, 0.29) is 126 Å². The van der Waals surface area contributed by atoms with Crippen LogP contribution in [0.1, 0.15) is 96.5 Å². The minimum absolute atomic E-state index is 0.0123. The number of anilines is 1. The number of carbonyl (C=O) groups is 6. The number of aromatic nitrogens is 9. The maximum Gasteiger partial charge on any atom is 0.407 e. The standard InChI is InChI=1S/C55H69N13O13/c1-8-67-40(25-33(3)63-67)42(69)32-60-53-61-39-28-36(50(57)74)30-44(78-18-12-19-80-54(75)58-15-13-45(70)71)48(39)66(53)17-11-10-16-65-47-37(38-31-59-51(62-52(38)65)41-26-34(4)64-68(41)9-2)27-35(49(56)73)29-43(47)79-24-23-77-22-21-76-20-14-46(72)81-55(5,6)7/h10-11,25-31H,8-9,12-24,32H2,1-7H3,(H2,56,73)(H2,57,74)(H,58,75)(H,60,61)(H,70,71)/b11-10+. The summed E-state index contributed by atoms with van der Waals surface area (Å²) in [5, 5.41) is 24.7. The highest BCUT2D eigenvalue weighted by atomic mass is 16.6. The summed E-state index contributed by atoms with van der Waals surface area (Å²) in [6.45, 7) is 14.8. The van der Waals surface area contributed by atoms with E-state index in [1.165, 1.54) is 12.1 Å². The average molecular weight is 1120 g/mol. The molecule has 2 aromatic carbocycles. The lowest BCUT2D eigenvalue weighted by molar-refractivity contribution is -0.156. The molecule has 7 rings (SSSR count). The van der Waals surface area contributed by atoms with E-state index in [1.807, 2.05) is 48.2 Å². The molecule has 0 saturated carbocycles. The second kappa shape index (κ2) is 27.3. The number of imidazole rings is 1. The van der Waals surface area contributed by atoms with E-state index in [2.05, 4.69) is 20.8 Å². The van der Waals surface area contributed by atoms with Crippen LogP contribution in [0.25, 0.3) is 44.5 Å². The summed E-state index contributed by atoms with van der Waals surface area (Å²) < 4.78 is 41.7. The third-order valence-electron chi connectivity index (χ3n) is 12.2. The van der Waals surface area contributed by atoms with Crippen molar-refractivity contribution in [2.24, 2.45) is 11.5 Å². The van der Waals surface area contributed by atoms with Crippen LogP contribution >= 0.6 is 0 Å². The van der Waals surface area contributed by atoms with Gasteiger partial charge in [0.15, 0.2) is 11.6 Å². The number of primary amides is 2. The number of nitrogens with two attached hydrogens (primary N) is 2. The Balaban J connectivity index is 1.20. The Morgan fingerprint density at radius 3 is 2.05 bits per heavy atom. The van der Waals surface area contributed by atoms with Crippen molar-refractivity contribution in [3.8, 4) is 23.0 Å². The number of alkyl carbamates (subject to hydrolysis) is 1. The quantitative estimate of drug-likeness (QED) is 0.0155. The molecule has 0 radical (unpaired) electrons. The predicted molar refractivity (Wildman–Crippen MR) is 297 cm³/mol. The van der Waals surface area contributed by atoms with Crippen LogP contribution in [-0.2, 0) is 54.7 Å². The zero-order valence-electron chi connectivity index (χ0n) is 46.5. The van der Waals surface area contributed by atoms with Crippen molar-refractivity contribution < 1.29 is 62.3 Å². The first-order valence-corrected chi connectivity index (χ1v) is 26.5. The van der Waals surface area contributed by atoms with Crippen LogP contribution in [0, 0.1) is 13.8 Å². The lowest BCUT2D eigenvalue weighted by Crippen LogP contribution is -2.27. The molecule has 0 aliphatic rings. The Hall–Kier alpha value is -8.91. The SMILES string of the molecule is CCn1nc(C)cc1C(=O)CNc1nc2cc(C(N)=O)cc(OCCCOC(=O)NCCC(=O)O)c2n1C/C=C/Cn1c2nc(-c3cc(C)nn3CC)ncc2c2cc(C(N)=O)cc(OCCOCCOCCC(=O)OC(C)(C)C)c21. The molecule has 3 amide bonds. The van der Waals surface area contributed by atoms with Crippen molar-refractivity contribution in [2.45, 2.75) is 99.5 Å². The molecule has 5 heterocycles. The number of esters is 1. The van der Waals surface area contributed by atoms with Crippen LogP contribution in [0.3, 0.4) is 0 Å². The van der Waals surface area contributed by atoms with Crippen molar-refractivity contribution in [3.05, 3.63) is 83.0 Å². The number of aryl methyl sites for hydroxylation is 4. The summed E-state index contributed by atoms with van der Waals surface area (Å²) in [5.41, 5.74) is 15.9. The highest BCUT2D eigenvalue weighted by Gasteiger charge is 2.24. The van der Waals surface area contributed by atoms with Gasteiger partial charge in [-0.3, -0.25) is 33.3 Å². The molecule has 0 bridgehead atoms. The van der Waals surface area contributed by atoms with Gasteiger partial charge in [-0.05, 0) is 84.9 Å². The van der Waals surface area contributed by atoms with Gasteiger partial charge in [0.05, 0.1) is 81.4 Å². The number of hydrogen-bond acceptors (Lipinski definition) is 18. The first-order valence-electron chi connectivity index (χ1n) is 26.5. The minimum Gasteiger partial charge on any atom is -0.491 e. The molecule has 0 atom stereocenters. The summed E-state index contributed by atoms with van der Waals surface area (Å²) in [5.74, 6) is -1.86. The maximum absolute atomic E-state index is 13.7. The van der Waals surface area contributed by atoms with Crippen LogP contribution in [-0.4, -0.2) is 149 Å². The van der Waals surface area contributed by atoms with E-state index in [9.17, 15) is 28.8 Å². The number of rotatable bonds is 31. The minimum atomic E-state index is -1.07. The Kier molecular flexibility index (Phi) is 20.1. The van der Waals surface area contributed by atoms with E-state index in [1.54, 1.807) is 61.3 Å². The second-order valence-electron chi connectivity index (χ2n) is 19.6. The Morgan fingerprint density at radius 2 is 1.36 bits per heavy atom. The van der Waals surface area contributed by atoms with Crippen LogP contribution in [0.15, 0.2) is 54.7 Å². The number of ether oxygens (including phenoxy) is 6. The number of fused-ring (bicyclic) bond motifs is 4. The van der Waals surface area contributed by atoms with Gasteiger partial charge in [0.2, 0.25) is 17.8 Å². The number of carboxylic acids is 1. The molecule has 7 aromatic rings. The van der Waals surface area contributed by atoms with Gasteiger partial charge in [0, 0.05) is 67.2 Å². The first kappa shape index (κ1) is 59.7. The Morgan fingerprint density at radius 1 is 0.716 bits per heavy atom. The number of aliphatic carboxylic acids is 1. The lowest BCUT2D eigenvalue weighted by Gasteiger charge is -2.19. The molecule has 81 heavy (non-hydrogen) atoms. The second-order valence-corrected chi connectivity index (χ2v) is 19.6. The van der Waals surface area contributed by atoms with E-state index in [0.717, 1.165) is 5.69 Å². The van der Waals surface area contributed by atoms with Gasteiger partial charge in [-0.2, -0.15) is 10.2 Å². The summed E-state index contributed by atoms with van der Waals surface area (Å²) in [4.78, 5) is 89.0. The highest BCUT2D eigenvalue weighted by molar-refractivity contribution is 6.12. The van der Waals surface area contributed by atoms with Gasteiger partial charge in [0.1, 0.15) is 46.3 Å². The lowest BCUT2D eigenvalue weighted by atomic mass is 10.1. The smallest absolute Gasteiger partial charge is 0.407 e. The molecule has 0 unspecified atom stereocenters. The molecule has 0 aliphatic heterocycles. The van der Waals surface area contributed by atoms with Crippen LogP contribution in [0.2, 0.25) is 0 Å². The van der Waals surface area contributed by atoms with Crippen molar-refractivity contribution in [1.82, 2.24) is 49.0 Å². The van der Waals surface area contributed by atoms with E-state index >= 15 is 0 Å². The molecular weight excluding hydrogens is 1050 g/mol. The van der Waals surface area contributed by atoms with Crippen LogP contribution < -0.4 is 31.6 Å². The fraction of sp³-hybridized carbons (Fsp3) is 0.436. The van der Waals surface area contributed by atoms with E-state index in [4.69, 9.17) is 59.9 Å². The number of nitrogens with one attached hydrogen (secondary N) is 2. The monoisotopic (exact) mass is 1120 g/mol. The number of hydrogen-bond donors (Lipinski definition) is 5. The third kappa shape index (κ3) is 15.7. The number of benzene rings is 2. The average Bonchev–Trinajstić information content (AvgIpc) is 4.29. The van der Waals surface area contributed by atoms with E-state index < -0.39 is 29.5 Å². The molecule has 0 spiro atoms. The van der Waals surface area contributed by atoms with Crippen LogP contribution in [0.4, 0.5) is 10.7 Å². The Bertz CT molecular complexity index is 3460. The number of Topliss-reactive ketones (excluding diaryl/α,β-unsaturated/α-hetero) is 1. The molecule has 7 N–H and O–H groups in total. The van der Waals surface area contributed by atoms with Gasteiger partial charge in [-0.1, -0.05) is 12.2 Å². The van der Waals surface area contributed by atoms with Gasteiger partial charge < -0.3 is 64.8 Å². The molecular formula is C55H69N13O13. The molecule has 26 nitrogen and oxygen atoms in total. The van der Waals surface area contributed by atoms with Crippen molar-refractivity contribution >= 4 is 74.5 Å². The largest absolute Gasteiger partial charge is 0.491 e. The summed E-state index contributed by atoms with van der Waals surface area (Å²) in [7, 11) is 0. The van der Waals surface area contributed by atoms with Crippen molar-refractivity contribution in [2.75, 3.05) is 64.7 Å². The number of carboxylic acid groups (broad SMARTS) is 1. The number of allylic oxidation sites excluding steroid dienone is 2. The third-order valence-corrected chi connectivity index (χ3v) is 12.2. The van der Waals surface area contributed by atoms with Gasteiger partial charge in [-0.15, -0.1) is 0 Å². The number of carbonyl (C=O) groups excluding carboxylic acids is 5. The summed E-state index contributed by atoms with van der Waals surface area (Å²) in [6, 6.07) is 9.88. The zero-order valence-corrected chi connectivity index (χ0v) is 46.5. The molecule has 432 valence electrons. The number of nitrogens with zero attached hydrogens (tertiary/aromatic N) is 9. The van der Waals surface area contributed by atoms with E-state index in [0.29, 0.717) is 74.7 Å². The summed E-state index contributed by atoms with van der Waals surface area (Å²) >= 11 is 0. The summed E-state index contributed by atoms with van der Waals surface area (Å²) in [6.07, 6.45) is 4.74. The van der Waals surface area contributed by atoms with Crippen molar-refractivity contribution in [1.29, 1.82) is 0 Å². The van der Waals surface area contributed by atoms with Crippen LogP contribution in [0.5, 0.6) is 11.5 Å². The molecule has 0 aliphatic carbocycles. The number of ketones is 1. The highest BCUT2D eigenvalue weighted by Crippen LogP contribution is 2.37. The fourth-order valence-corrected chi connectivity index (χ4v) is 8.71. The molecule has 0 fully saturated rings. The molecule has 0 saturated heterocycles. The van der Waals surface area contributed by atoms with Gasteiger partial charge >= 0.3 is 18.0 Å². The van der Waals surface area contributed by atoms with Crippen molar-refractivity contribution in [3.63, 3.8) is 0 Å². The Labute approximate surface area is 466 Å². The topological polar surface area (TPSA) is 338 Å². The number of amides is 3. The van der Waals surface area contributed by atoms with Gasteiger partial charge in [0.25, 0.3) is 0 Å². The first-order chi connectivity index (χ1) is 38.7. The van der Waals surface area contributed by atoms with Gasteiger partial charge in [-0.25, -0.2) is 19.7 Å². The normalized spacial score (nSPS) is 11.7. The maximum atomic E-state index is 13.7. The molecule has 26 heteroatoms.